The van der Waals surface area contributed by atoms with E-state index in [0.29, 0.717) is 11.5 Å². The van der Waals surface area contributed by atoms with E-state index in [2.05, 4.69) is 36.3 Å². The van der Waals surface area contributed by atoms with Gasteiger partial charge in [-0.25, -0.2) is 0 Å². The van der Waals surface area contributed by atoms with Crippen molar-refractivity contribution in [3.8, 4) is 0 Å². The second-order valence-corrected chi connectivity index (χ2v) is 4.96. The van der Waals surface area contributed by atoms with Gasteiger partial charge in [0.25, 0.3) is 0 Å². The van der Waals surface area contributed by atoms with Gasteiger partial charge in [0.1, 0.15) is 0 Å². The van der Waals surface area contributed by atoms with E-state index in [1.165, 1.54) is 17.7 Å². The molecule has 1 aliphatic carbocycles. The molecule has 1 atom stereocenters. The van der Waals surface area contributed by atoms with Gasteiger partial charge >= 0.3 is 0 Å². The quantitative estimate of drug-likeness (QED) is 0.754. The third-order valence-corrected chi connectivity index (χ3v) is 2.99. The first-order chi connectivity index (χ1) is 6.62. The first kappa shape index (κ1) is 9.71. The highest BCUT2D eigenvalue weighted by Crippen LogP contribution is 2.39. The van der Waals surface area contributed by atoms with Gasteiger partial charge < -0.3 is 5.32 Å². The summed E-state index contributed by atoms with van der Waals surface area (Å²) >= 11 is 0. The molecule has 3 heteroatoms. The molecular formula is C11H19N3. The molecule has 2 rings (SSSR count). The average molecular weight is 193 g/mol. The Labute approximate surface area is 85.3 Å². The summed E-state index contributed by atoms with van der Waals surface area (Å²) in [5, 5.41) is 10.8. The van der Waals surface area contributed by atoms with Gasteiger partial charge in [0.2, 0.25) is 0 Å². The summed E-state index contributed by atoms with van der Waals surface area (Å²) in [5.74, 6) is 0. The van der Waals surface area contributed by atoms with Crippen LogP contribution >= 0.6 is 0 Å². The number of hydrogen-bond acceptors (Lipinski definition) is 2. The Hall–Kier alpha value is -0.830. The van der Waals surface area contributed by atoms with Crippen LogP contribution in [0.1, 0.15) is 44.5 Å². The van der Waals surface area contributed by atoms with Crippen LogP contribution in [0.2, 0.25) is 0 Å². The lowest BCUT2D eigenvalue weighted by atomic mass is 9.74. The highest BCUT2D eigenvalue weighted by atomic mass is 15.1. The normalized spacial score (nSPS) is 24.6. The highest BCUT2D eigenvalue weighted by molar-refractivity contribution is 5.25. The van der Waals surface area contributed by atoms with E-state index in [1.807, 2.05) is 6.20 Å². The van der Waals surface area contributed by atoms with Crippen LogP contribution in [0.25, 0.3) is 0 Å². The number of nitrogens with zero attached hydrogens (tertiary/aromatic N) is 1. The Kier molecular flexibility index (Phi) is 2.35. The van der Waals surface area contributed by atoms with Gasteiger partial charge in [0.05, 0.1) is 6.20 Å². The Morgan fingerprint density at radius 1 is 1.64 bits per heavy atom. The first-order valence-electron chi connectivity index (χ1n) is 5.38. The van der Waals surface area contributed by atoms with Gasteiger partial charge in [0, 0.05) is 17.3 Å². The predicted octanol–water partition coefficient (Wildman–Crippen LogP) is 2.03. The van der Waals surface area contributed by atoms with Crippen LogP contribution in [0, 0.1) is 5.41 Å². The number of nitrogens with one attached hydrogen (secondary N) is 2. The summed E-state index contributed by atoms with van der Waals surface area (Å²) in [4.78, 5) is 0. The van der Waals surface area contributed by atoms with E-state index < -0.39 is 0 Å². The van der Waals surface area contributed by atoms with Gasteiger partial charge in [0.15, 0.2) is 0 Å². The van der Waals surface area contributed by atoms with Crippen LogP contribution in [0.3, 0.4) is 0 Å². The maximum absolute atomic E-state index is 4.14. The van der Waals surface area contributed by atoms with E-state index in [1.54, 1.807) is 0 Å². The smallest absolute Gasteiger partial charge is 0.0538 e. The van der Waals surface area contributed by atoms with Crippen molar-refractivity contribution < 1.29 is 0 Å². The minimum absolute atomic E-state index is 0.381. The van der Waals surface area contributed by atoms with Gasteiger partial charge in [-0.2, -0.15) is 5.10 Å². The summed E-state index contributed by atoms with van der Waals surface area (Å²) in [6.45, 7) is 7.81. The van der Waals surface area contributed by atoms with Crippen LogP contribution in [0.4, 0.5) is 0 Å². The summed E-state index contributed by atoms with van der Waals surface area (Å²) in [6.07, 6.45) is 4.29. The molecule has 1 unspecified atom stereocenters. The molecule has 0 spiro atoms. The Morgan fingerprint density at radius 2 is 2.43 bits per heavy atom. The van der Waals surface area contributed by atoms with Gasteiger partial charge in [-0.3, -0.25) is 5.10 Å². The van der Waals surface area contributed by atoms with Crippen LogP contribution in [-0.2, 0) is 6.42 Å². The molecule has 1 heterocycles. The fourth-order valence-electron chi connectivity index (χ4n) is 2.41. The Bertz CT molecular complexity index is 314. The van der Waals surface area contributed by atoms with Crippen molar-refractivity contribution in [2.24, 2.45) is 5.41 Å². The van der Waals surface area contributed by atoms with Gasteiger partial charge in [-0.15, -0.1) is 0 Å². The molecule has 78 valence electrons. The fraction of sp³-hybridized carbons (Fsp3) is 0.727. The lowest BCUT2D eigenvalue weighted by Crippen LogP contribution is -2.32. The molecule has 0 aromatic carbocycles. The number of aromatic amines is 1. The van der Waals surface area contributed by atoms with E-state index in [0.717, 1.165) is 13.0 Å². The molecule has 0 fully saturated rings. The minimum Gasteiger partial charge on any atom is -0.310 e. The topological polar surface area (TPSA) is 40.7 Å². The second kappa shape index (κ2) is 3.39. The van der Waals surface area contributed by atoms with Gasteiger partial charge in [-0.1, -0.05) is 20.8 Å². The number of hydrogen-bond donors (Lipinski definition) is 2. The van der Waals surface area contributed by atoms with E-state index in [4.69, 9.17) is 0 Å². The van der Waals surface area contributed by atoms with E-state index in [9.17, 15) is 0 Å². The zero-order valence-electron chi connectivity index (χ0n) is 9.22. The predicted molar refractivity (Wildman–Crippen MR) is 57.1 cm³/mol. The Morgan fingerprint density at radius 3 is 3.14 bits per heavy atom. The van der Waals surface area contributed by atoms with Crippen molar-refractivity contribution in [3.05, 3.63) is 17.5 Å². The average Bonchev–Trinajstić information content (AvgIpc) is 2.50. The summed E-state index contributed by atoms with van der Waals surface area (Å²) in [7, 11) is 0. The number of fused-ring (bicyclic) bond motifs is 1. The standard InChI is InChI=1S/C11H19N3/c1-4-12-9-5-11(2,3)6-10-8(9)7-13-14-10/h7,9,12H,4-6H2,1-3H3,(H,13,14). The lowest BCUT2D eigenvalue weighted by Gasteiger charge is -2.35. The molecule has 2 N–H and O–H groups in total. The molecule has 0 aliphatic heterocycles. The first-order valence-corrected chi connectivity index (χ1v) is 5.38. The fourth-order valence-corrected chi connectivity index (χ4v) is 2.41. The van der Waals surface area contributed by atoms with Crippen LogP contribution < -0.4 is 5.32 Å². The third kappa shape index (κ3) is 1.69. The maximum Gasteiger partial charge on any atom is 0.0538 e. The molecule has 0 radical (unpaired) electrons. The third-order valence-electron chi connectivity index (χ3n) is 2.99. The van der Waals surface area contributed by atoms with E-state index >= 15 is 0 Å². The van der Waals surface area contributed by atoms with Crippen molar-refractivity contribution in [2.45, 2.75) is 39.7 Å². The summed E-state index contributed by atoms with van der Waals surface area (Å²) in [6, 6.07) is 0.484. The number of rotatable bonds is 2. The molecule has 0 saturated carbocycles. The SMILES string of the molecule is CCNC1CC(C)(C)Cc2[nH]ncc21. The van der Waals surface area contributed by atoms with Crippen molar-refractivity contribution >= 4 is 0 Å². The number of aromatic nitrogens is 2. The molecule has 3 nitrogen and oxygen atoms in total. The largest absolute Gasteiger partial charge is 0.310 e. The van der Waals surface area contributed by atoms with Crippen molar-refractivity contribution in [3.63, 3.8) is 0 Å². The van der Waals surface area contributed by atoms with Crippen LogP contribution in [-0.4, -0.2) is 16.7 Å². The van der Waals surface area contributed by atoms with Gasteiger partial charge in [-0.05, 0) is 24.8 Å². The highest BCUT2D eigenvalue weighted by Gasteiger charge is 2.32. The molecule has 1 aromatic heterocycles. The van der Waals surface area contributed by atoms with Crippen molar-refractivity contribution in [1.29, 1.82) is 0 Å². The molecule has 0 amide bonds. The van der Waals surface area contributed by atoms with Crippen LogP contribution in [0.15, 0.2) is 6.20 Å². The number of H-pyrrole nitrogens is 1. The maximum atomic E-state index is 4.14. The van der Waals surface area contributed by atoms with Crippen molar-refractivity contribution in [2.75, 3.05) is 6.54 Å². The minimum atomic E-state index is 0.381. The molecule has 0 bridgehead atoms. The Balaban J connectivity index is 2.28. The zero-order valence-corrected chi connectivity index (χ0v) is 9.22. The summed E-state index contributed by atoms with van der Waals surface area (Å²) in [5.41, 5.74) is 3.06. The molecule has 14 heavy (non-hydrogen) atoms. The molecule has 0 saturated heterocycles. The second-order valence-electron chi connectivity index (χ2n) is 4.96. The van der Waals surface area contributed by atoms with Crippen LogP contribution in [0.5, 0.6) is 0 Å². The molecule has 1 aliphatic rings. The lowest BCUT2D eigenvalue weighted by molar-refractivity contribution is 0.258. The van der Waals surface area contributed by atoms with Crippen molar-refractivity contribution in [1.82, 2.24) is 15.5 Å². The summed E-state index contributed by atoms with van der Waals surface area (Å²) < 4.78 is 0. The molecule has 1 aromatic rings. The monoisotopic (exact) mass is 193 g/mol. The molecular weight excluding hydrogens is 174 g/mol. The zero-order chi connectivity index (χ0) is 10.2. The van der Waals surface area contributed by atoms with E-state index in [-0.39, 0.29) is 0 Å².